The summed E-state index contributed by atoms with van der Waals surface area (Å²) in [5.41, 5.74) is 2.34. The Labute approximate surface area is 162 Å². The Morgan fingerprint density at radius 2 is 1.52 bits per heavy atom. The molecule has 2 rings (SSSR count). The van der Waals surface area contributed by atoms with Crippen LogP contribution in [0.15, 0.2) is 53.4 Å². The van der Waals surface area contributed by atoms with Crippen molar-refractivity contribution in [1.82, 2.24) is 0 Å². The molecule has 2 aromatic carbocycles. The number of sulfonamides is 1. The van der Waals surface area contributed by atoms with E-state index in [-0.39, 0.29) is 17.5 Å². The molecule has 0 heterocycles. The number of benzene rings is 2. The number of hydrogen-bond donors (Lipinski definition) is 0. The Morgan fingerprint density at radius 1 is 0.963 bits per heavy atom. The molecule has 0 amide bonds. The molecule has 0 radical (unpaired) electrons. The topological polar surface area (TPSA) is 63.7 Å². The van der Waals surface area contributed by atoms with Gasteiger partial charge in [0, 0.05) is 0 Å². The fourth-order valence-corrected chi connectivity index (χ4v) is 4.46. The third kappa shape index (κ3) is 4.89. The van der Waals surface area contributed by atoms with E-state index in [1.807, 2.05) is 32.0 Å². The molecule has 0 saturated heterocycles. The van der Waals surface area contributed by atoms with Gasteiger partial charge in [-0.05, 0) is 49.9 Å². The van der Waals surface area contributed by atoms with Gasteiger partial charge in [-0.1, -0.05) is 50.2 Å². The fraction of sp³-hybridized carbons (Fsp3) is 0.381. The van der Waals surface area contributed by atoms with Gasteiger partial charge in [-0.15, -0.1) is 0 Å². The van der Waals surface area contributed by atoms with Crippen LogP contribution in [0.5, 0.6) is 0 Å². The van der Waals surface area contributed by atoms with E-state index in [2.05, 4.69) is 0 Å². The van der Waals surface area contributed by atoms with Crippen LogP contribution < -0.4 is 4.31 Å². The molecular weight excluding hydrogens is 362 g/mol. The normalized spacial score (nSPS) is 11.4. The van der Waals surface area contributed by atoms with Crippen LogP contribution in [-0.2, 0) is 32.4 Å². The zero-order valence-electron chi connectivity index (χ0n) is 16.3. The van der Waals surface area contributed by atoms with Crippen LogP contribution in [0, 0.1) is 0 Å². The molecule has 0 aromatic heterocycles. The lowest BCUT2D eigenvalue weighted by Gasteiger charge is -2.28. The minimum Gasteiger partial charge on any atom is -0.462 e. The lowest BCUT2D eigenvalue weighted by molar-refractivity contribution is -0.145. The van der Waals surface area contributed by atoms with Crippen LogP contribution in [0.3, 0.4) is 0 Å². The standard InChI is InChI=1S/C21H27NO4S/c1-5-17-11-10-12-18(6-2)21(17)22(15-20(23)26-16(3)4)27(24,25)19-13-8-7-9-14-19/h7-14,16H,5-6,15H2,1-4H3. The molecule has 0 unspecified atom stereocenters. The summed E-state index contributed by atoms with van der Waals surface area (Å²) in [7, 11) is -3.92. The number of nitrogens with zero attached hydrogens (tertiary/aromatic N) is 1. The number of para-hydroxylation sites is 1. The molecule has 0 fully saturated rings. The fourth-order valence-electron chi connectivity index (χ4n) is 2.96. The molecule has 0 aliphatic rings. The quantitative estimate of drug-likeness (QED) is 0.641. The highest BCUT2D eigenvalue weighted by Gasteiger charge is 2.30. The number of carbonyl (C=O) groups excluding carboxylic acids is 1. The average Bonchev–Trinajstić information content (AvgIpc) is 2.65. The summed E-state index contributed by atoms with van der Waals surface area (Å²) in [5, 5.41) is 0. The number of rotatable bonds is 8. The van der Waals surface area contributed by atoms with E-state index < -0.39 is 16.0 Å². The second-order valence-corrected chi connectivity index (χ2v) is 8.36. The molecule has 146 valence electrons. The summed E-state index contributed by atoms with van der Waals surface area (Å²) in [5.74, 6) is -0.572. The molecule has 5 nitrogen and oxygen atoms in total. The van der Waals surface area contributed by atoms with E-state index in [9.17, 15) is 13.2 Å². The van der Waals surface area contributed by atoms with Gasteiger partial charge in [0.15, 0.2) is 0 Å². The molecule has 0 atom stereocenters. The summed E-state index contributed by atoms with van der Waals surface area (Å²) >= 11 is 0. The van der Waals surface area contributed by atoms with Crippen molar-refractivity contribution in [3.8, 4) is 0 Å². The molecule has 0 aliphatic carbocycles. The lowest BCUT2D eigenvalue weighted by atomic mass is 10.0. The predicted octanol–water partition coefficient (Wildman–Crippen LogP) is 3.96. The zero-order valence-corrected chi connectivity index (χ0v) is 17.1. The second kappa shape index (κ2) is 9.04. The summed E-state index contributed by atoms with van der Waals surface area (Å²) in [4.78, 5) is 12.5. The number of anilines is 1. The van der Waals surface area contributed by atoms with Crippen LogP contribution >= 0.6 is 0 Å². The number of esters is 1. The Hall–Kier alpha value is -2.34. The number of aryl methyl sites for hydroxylation is 2. The van der Waals surface area contributed by atoms with Gasteiger partial charge in [-0.3, -0.25) is 9.10 Å². The van der Waals surface area contributed by atoms with Gasteiger partial charge in [-0.25, -0.2) is 8.42 Å². The maximum atomic E-state index is 13.4. The van der Waals surface area contributed by atoms with Crippen molar-refractivity contribution in [2.45, 2.75) is 51.5 Å². The van der Waals surface area contributed by atoms with Crippen molar-refractivity contribution in [2.24, 2.45) is 0 Å². The first-order valence-electron chi connectivity index (χ1n) is 9.19. The zero-order chi connectivity index (χ0) is 20.0. The highest BCUT2D eigenvalue weighted by molar-refractivity contribution is 7.92. The molecule has 2 aromatic rings. The first kappa shape index (κ1) is 21.0. The molecular formula is C21H27NO4S. The van der Waals surface area contributed by atoms with Gasteiger partial charge in [0.25, 0.3) is 10.0 Å². The first-order valence-corrected chi connectivity index (χ1v) is 10.6. The van der Waals surface area contributed by atoms with Gasteiger partial charge in [0.1, 0.15) is 6.54 Å². The van der Waals surface area contributed by atoms with Gasteiger partial charge >= 0.3 is 5.97 Å². The SMILES string of the molecule is CCc1cccc(CC)c1N(CC(=O)OC(C)C)S(=O)(=O)c1ccccc1. The highest BCUT2D eigenvalue weighted by atomic mass is 32.2. The van der Waals surface area contributed by atoms with Gasteiger partial charge in [0.05, 0.1) is 16.7 Å². The van der Waals surface area contributed by atoms with Gasteiger partial charge in [0.2, 0.25) is 0 Å². The van der Waals surface area contributed by atoms with Gasteiger partial charge < -0.3 is 4.74 Å². The Balaban J connectivity index is 2.63. The van der Waals surface area contributed by atoms with Crippen molar-refractivity contribution in [3.05, 3.63) is 59.7 Å². The van der Waals surface area contributed by atoms with Crippen LogP contribution in [0.4, 0.5) is 5.69 Å². The van der Waals surface area contributed by atoms with E-state index in [0.717, 1.165) is 11.1 Å². The first-order chi connectivity index (χ1) is 12.8. The number of carbonyl (C=O) groups is 1. The maximum Gasteiger partial charge on any atom is 0.327 e. The second-order valence-electron chi connectivity index (χ2n) is 6.50. The van der Waals surface area contributed by atoms with Crippen molar-refractivity contribution in [3.63, 3.8) is 0 Å². The number of hydrogen-bond acceptors (Lipinski definition) is 4. The number of ether oxygens (including phenoxy) is 1. The minimum absolute atomic E-state index is 0.148. The maximum absolute atomic E-state index is 13.4. The molecule has 0 spiro atoms. The average molecular weight is 390 g/mol. The van der Waals surface area contributed by atoms with Gasteiger partial charge in [-0.2, -0.15) is 0 Å². The summed E-state index contributed by atoms with van der Waals surface area (Å²) in [6.45, 7) is 7.06. The Kier molecular flexibility index (Phi) is 7.02. The summed E-state index contributed by atoms with van der Waals surface area (Å²) in [6.07, 6.45) is 0.998. The van der Waals surface area contributed by atoms with E-state index in [4.69, 9.17) is 4.74 Å². The van der Waals surface area contributed by atoms with Crippen molar-refractivity contribution in [2.75, 3.05) is 10.8 Å². The molecule has 6 heteroatoms. The third-order valence-corrected chi connectivity index (χ3v) is 5.95. The van der Waals surface area contributed by atoms with Crippen LogP contribution in [0.1, 0.15) is 38.8 Å². The van der Waals surface area contributed by atoms with Crippen LogP contribution in [-0.4, -0.2) is 27.0 Å². The van der Waals surface area contributed by atoms with E-state index in [1.54, 1.807) is 32.0 Å². The van der Waals surface area contributed by atoms with Crippen LogP contribution in [0.2, 0.25) is 0 Å². The molecule has 0 aliphatic heterocycles. The largest absolute Gasteiger partial charge is 0.462 e. The predicted molar refractivity (Wildman–Crippen MR) is 107 cm³/mol. The van der Waals surface area contributed by atoms with Crippen molar-refractivity contribution >= 4 is 21.7 Å². The molecule has 0 saturated carbocycles. The van der Waals surface area contributed by atoms with Crippen molar-refractivity contribution in [1.29, 1.82) is 0 Å². The van der Waals surface area contributed by atoms with Crippen molar-refractivity contribution < 1.29 is 17.9 Å². The Bertz CT molecular complexity index is 854. The Morgan fingerprint density at radius 3 is 2.00 bits per heavy atom. The van der Waals surface area contributed by atoms with E-state index in [1.165, 1.54) is 16.4 Å². The molecule has 27 heavy (non-hydrogen) atoms. The summed E-state index contributed by atoms with van der Waals surface area (Å²) < 4.78 is 33.3. The minimum atomic E-state index is -3.92. The molecule has 0 N–H and O–H groups in total. The van der Waals surface area contributed by atoms with E-state index >= 15 is 0 Å². The smallest absolute Gasteiger partial charge is 0.327 e. The monoisotopic (exact) mass is 389 g/mol. The van der Waals surface area contributed by atoms with E-state index in [0.29, 0.717) is 18.5 Å². The highest BCUT2D eigenvalue weighted by Crippen LogP contribution is 2.31. The molecule has 0 bridgehead atoms. The third-order valence-electron chi connectivity index (χ3n) is 4.19. The summed E-state index contributed by atoms with van der Waals surface area (Å²) in [6, 6.07) is 13.9. The lowest BCUT2D eigenvalue weighted by Crippen LogP contribution is -2.38. The van der Waals surface area contributed by atoms with Crippen LogP contribution in [0.25, 0.3) is 0 Å².